The zero-order valence-corrected chi connectivity index (χ0v) is 9.26. The van der Waals surface area contributed by atoms with Crippen LogP contribution in [0.25, 0.3) is 0 Å². The topological polar surface area (TPSA) is 89.3 Å². The first-order valence-electron chi connectivity index (χ1n) is 4.22. The molecular weight excluding hydrogens is 216 g/mol. The van der Waals surface area contributed by atoms with Gasteiger partial charge in [-0.25, -0.2) is 13.6 Å². The van der Waals surface area contributed by atoms with Gasteiger partial charge in [0.2, 0.25) is 15.9 Å². The van der Waals surface area contributed by atoms with E-state index in [0.29, 0.717) is 11.3 Å². The summed E-state index contributed by atoms with van der Waals surface area (Å²) in [6.45, 7) is 2.98. The van der Waals surface area contributed by atoms with Crippen LogP contribution in [0.3, 0.4) is 0 Å². The number of benzene rings is 1. The molecule has 0 radical (unpaired) electrons. The van der Waals surface area contributed by atoms with Crippen molar-refractivity contribution in [2.75, 3.05) is 5.32 Å². The molecule has 6 heteroatoms. The second kappa shape index (κ2) is 4.00. The van der Waals surface area contributed by atoms with Crippen LogP contribution in [0.1, 0.15) is 12.5 Å². The third-order valence-electron chi connectivity index (χ3n) is 1.82. The quantitative estimate of drug-likeness (QED) is 0.776. The summed E-state index contributed by atoms with van der Waals surface area (Å²) >= 11 is 0. The fraction of sp³-hybridized carbons (Fsp3) is 0.222. The molecule has 0 saturated carbocycles. The number of rotatable bonds is 2. The van der Waals surface area contributed by atoms with Gasteiger partial charge >= 0.3 is 0 Å². The first-order valence-corrected chi connectivity index (χ1v) is 5.76. The number of primary sulfonamides is 1. The molecule has 1 rings (SSSR count). The number of sulfonamides is 1. The molecule has 0 bridgehead atoms. The summed E-state index contributed by atoms with van der Waals surface area (Å²) in [5.74, 6) is -0.265. The van der Waals surface area contributed by atoms with Crippen molar-refractivity contribution in [1.82, 2.24) is 0 Å². The Balaban J connectivity index is 3.23. The lowest BCUT2D eigenvalue weighted by atomic mass is 10.2. The number of nitrogens with one attached hydrogen (secondary N) is 1. The Bertz CT molecular complexity index is 494. The van der Waals surface area contributed by atoms with Crippen LogP contribution < -0.4 is 10.5 Å². The second-order valence-electron chi connectivity index (χ2n) is 3.21. The number of carbonyl (C=O) groups is 1. The Labute approximate surface area is 88.3 Å². The predicted molar refractivity (Wildman–Crippen MR) is 56.9 cm³/mol. The molecule has 5 nitrogen and oxygen atoms in total. The number of amides is 1. The van der Waals surface area contributed by atoms with Gasteiger partial charge in [0.1, 0.15) is 0 Å². The molecular formula is C9H12N2O3S. The van der Waals surface area contributed by atoms with E-state index in [2.05, 4.69) is 5.32 Å². The zero-order chi connectivity index (χ0) is 11.6. The highest BCUT2D eigenvalue weighted by Gasteiger charge is 2.12. The number of anilines is 1. The number of nitrogens with two attached hydrogens (primary N) is 1. The molecule has 0 atom stereocenters. The zero-order valence-electron chi connectivity index (χ0n) is 8.44. The average Bonchev–Trinajstić information content (AvgIpc) is 2.05. The number of aryl methyl sites for hydroxylation is 1. The maximum atomic E-state index is 11.2. The summed E-state index contributed by atoms with van der Waals surface area (Å²) in [6, 6.07) is 4.54. The Morgan fingerprint density at radius 2 is 2.00 bits per heavy atom. The van der Waals surface area contributed by atoms with E-state index in [1.165, 1.54) is 13.0 Å². The first kappa shape index (κ1) is 11.7. The highest BCUT2D eigenvalue weighted by molar-refractivity contribution is 7.89. The lowest BCUT2D eigenvalue weighted by molar-refractivity contribution is -0.114. The molecule has 1 aromatic carbocycles. The number of hydrogen-bond donors (Lipinski definition) is 2. The molecule has 0 heterocycles. The van der Waals surface area contributed by atoms with E-state index >= 15 is 0 Å². The Morgan fingerprint density at radius 3 is 2.47 bits per heavy atom. The molecule has 15 heavy (non-hydrogen) atoms. The summed E-state index contributed by atoms with van der Waals surface area (Å²) in [5, 5.41) is 7.50. The lowest BCUT2D eigenvalue weighted by Gasteiger charge is -2.07. The van der Waals surface area contributed by atoms with Gasteiger partial charge in [0.05, 0.1) is 4.90 Å². The largest absolute Gasteiger partial charge is 0.326 e. The smallest absolute Gasteiger partial charge is 0.238 e. The van der Waals surface area contributed by atoms with Gasteiger partial charge in [0, 0.05) is 12.6 Å². The minimum absolute atomic E-state index is 0.0220. The predicted octanol–water partition coefficient (Wildman–Crippen LogP) is 0.601. The van der Waals surface area contributed by atoms with E-state index in [4.69, 9.17) is 5.14 Å². The summed E-state index contributed by atoms with van der Waals surface area (Å²) in [5.41, 5.74) is 0.962. The van der Waals surface area contributed by atoms with Crippen LogP contribution >= 0.6 is 0 Å². The van der Waals surface area contributed by atoms with E-state index in [0.717, 1.165) is 0 Å². The summed E-state index contributed by atoms with van der Waals surface area (Å²) in [4.78, 5) is 10.8. The Hall–Kier alpha value is -1.40. The van der Waals surface area contributed by atoms with Gasteiger partial charge in [-0.05, 0) is 24.6 Å². The van der Waals surface area contributed by atoms with Crippen molar-refractivity contribution in [3.05, 3.63) is 23.8 Å². The summed E-state index contributed by atoms with van der Waals surface area (Å²) in [6.07, 6.45) is 0. The van der Waals surface area contributed by atoms with Gasteiger partial charge < -0.3 is 5.32 Å². The fourth-order valence-electron chi connectivity index (χ4n) is 1.19. The third-order valence-corrected chi connectivity index (χ3v) is 2.87. The fourth-order valence-corrected chi connectivity index (χ4v) is 2.00. The minimum Gasteiger partial charge on any atom is -0.326 e. The second-order valence-corrected chi connectivity index (χ2v) is 4.74. The van der Waals surface area contributed by atoms with E-state index in [1.807, 2.05) is 0 Å². The van der Waals surface area contributed by atoms with Gasteiger partial charge in [0.15, 0.2) is 0 Å². The Morgan fingerprint density at radius 1 is 1.40 bits per heavy atom. The average molecular weight is 228 g/mol. The highest BCUT2D eigenvalue weighted by atomic mass is 32.2. The van der Waals surface area contributed by atoms with Gasteiger partial charge in [-0.15, -0.1) is 0 Å². The van der Waals surface area contributed by atoms with Crippen LogP contribution in [0.2, 0.25) is 0 Å². The molecule has 0 unspecified atom stereocenters. The van der Waals surface area contributed by atoms with Crippen molar-refractivity contribution >= 4 is 21.6 Å². The normalized spacial score (nSPS) is 11.1. The van der Waals surface area contributed by atoms with Gasteiger partial charge in [-0.3, -0.25) is 4.79 Å². The van der Waals surface area contributed by atoms with Crippen molar-refractivity contribution < 1.29 is 13.2 Å². The van der Waals surface area contributed by atoms with E-state index in [-0.39, 0.29) is 10.8 Å². The number of hydrogen-bond acceptors (Lipinski definition) is 3. The van der Waals surface area contributed by atoms with Crippen LogP contribution in [0.5, 0.6) is 0 Å². The van der Waals surface area contributed by atoms with Crippen LogP contribution in [0.4, 0.5) is 5.69 Å². The van der Waals surface area contributed by atoms with Crippen molar-refractivity contribution in [2.45, 2.75) is 18.7 Å². The molecule has 0 fully saturated rings. The van der Waals surface area contributed by atoms with Crippen LogP contribution in [0, 0.1) is 6.92 Å². The van der Waals surface area contributed by atoms with Gasteiger partial charge in [0.25, 0.3) is 0 Å². The summed E-state index contributed by atoms with van der Waals surface area (Å²) < 4.78 is 22.3. The molecule has 0 spiro atoms. The van der Waals surface area contributed by atoms with Gasteiger partial charge in [-0.2, -0.15) is 0 Å². The van der Waals surface area contributed by atoms with E-state index in [1.54, 1.807) is 19.1 Å². The van der Waals surface area contributed by atoms with Crippen molar-refractivity contribution in [2.24, 2.45) is 5.14 Å². The summed E-state index contributed by atoms with van der Waals surface area (Å²) in [7, 11) is -3.74. The molecule has 3 N–H and O–H groups in total. The van der Waals surface area contributed by atoms with Crippen LogP contribution in [-0.2, 0) is 14.8 Å². The molecule has 82 valence electrons. The maximum absolute atomic E-state index is 11.2. The molecule has 1 amide bonds. The van der Waals surface area contributed by atoms with Crippen LogP contribution in [0.15, 0.2) is 23.1 Å². The molecule has 0 saturated heterocycles. The first-order chi connectivity index (χ1) is 6.80. The van der Waals surface area contributed by atoms with Crippen molar-refractivity contribution in [1.29, 1.82) is 0 Å². The van der Waals surface area contributed by atoms with Crippen molar-refractivity contribution in [3.8, 4) is 0 Å². The SMILES string of the molecule is CC(=O)Nc1ccc(C)c(S(N)(=O)=O)c1. The third kappa shape index (κ3) is 3.03. The van der Waals surface area contributed by atoms with E-state index in [9.17, 15) is 13.2 Å². The minimum atomic E-state index is -3.74. The van der Waals surface area contributed by atoms with Gasteiger partial charge in [-0.1, -0.05) is 6.07 Å². The lowest BCUT2D eigenvalue weighted by Crippen LogP contribution is -2.14. The van der Waals surface area contributed by atoms with Crippen molar-refractivity contribution in [3.63, 3.8) is 0 Å². The highest BCUT2D eigenvalue weighted by Crippen LogP contribution is 2.18. The molecule has 0 aliphatic rings. The molecule has 0 aliphatic carbocycles. The standard InChI is InChI=1S/C9H12N2O3S/c1-6-3-4-8(11-7(2)12)5-9(6)15(10,13)14/h3-5H,1-2H3,(H,11,12)(H2,10,13,14). The molecule has 0 aliphatic heterocycles. The van der Waals surface area contributed by atoms with Crippen LogP contribution in [-0.4, -0.2) is 14.3 Å². The maximum Gasteiger partial charge on any atom is 0.238 e. The molecule has 0 aromatic heterocycles. The van der Waals surface area contributed by atoms with E-state index < -0.39 is 10.0 Å². The Kier molecular flexibility index (Phi) is 3.11. The number of carbonyl (C=O) groups excluding carboxylic acids is 1. The molecule has 1 aromatic rings. The monoisotopic (exact) mass is 228 g/mol.